The van der Waals surface area contributed by atoms with Gasteiger partial charge >= 0.3 is 0 Å². The average molecular weight is 264 g/mol. The molecule has 1 aromatic rings. The largest absolute Gasteiger partial charge is 0.508 e. The topological polar surface area (TPSA) is 75.8 Å². The van der Waals surface area contributed by atoms with Crippen LogP contribution < -0.4 is 5.73 Å². The molecule has 2 rings (SSSR count). The highest BCUT2D eigenvalue weighted by atomic mass is 16.5. The van der Waals surface area contributed by atoms with Gasteiger partial charge in [-0.05, 0) is 32.0 Å². The Morgan fingerprint density at radius 2 is 2.32 bits per heavy atom. The van der Waals surface area contributed by atoms with Crippen molar-refractivity contribution in [2.45, 2.75) is 25.6 Å². The normalized spacial score (nSPS) is 22.3. The first-order valence-corrected chi connectivity index (χ1v) is 6.37. The fourth-order valence-electron chi connectivity index (χ4n) is 2.39. The molecule has 5 nitrogen and oxygen atoms in total. The third-order valence-corrected chi connectivity index (χ3v) is 3.12. The van der Waals surface area contributed by atoms with Crippen molar-refractivity contribution in [2.24, 2.45) is 5.73 Å². The van der Waals surface area contributed by atoms with Gasteiger partial charge in [-0.2, -0.15) is 0 Å². The maximum Gasteiger partial charge on any atom is 0.254 e. The Hall–Kier alpha value is -1.59. The first-order valence-electron chi connectivity index (χ1n) is 6.37. The zero-order chi connectivity index (χ0) is 14.0. The van der Waals surface area contributed by atoms with Crippen molar-refractivity contribution in [1.82, 2.24) is 4.90 Å². The minimum absolute atomic E-state index is 0.0914. The number of nitrogens with two attached hydrogens (primary N) is 1. The summed E-state index contributed by atoms with van der Waals surface area (Å²) in [5.41, 5.74) is 5.72. The Balaban J connectivity index is 2.18. The van der Waals surface area contributed by atoms with Crippen molar-refractivity contribution < 1.29 is 14.6 Å². The van der Waals surface area contributed by atoms with E-state index in [1.54, 1.807) is 23.1 Å². The van der Waals surface area contributed by atoms with Crippen LogP contribution in [0, 0.1) is 0 Å². The quantitative estimate of drug-likeness (QED) is 0.834. The van der Waals surface area contributed by atoms with E-state index in [0.717, 1.165) is 0 Å². The molecule has 0 saturated carbocycles. The van der Waals surface area contributed by atoms with Crippen LogP contribution >= 0.6 is 0 Å². The van der Waals surface area contributed by atoms with Crippen LogP contribution in [0.15, 0.2) is 24.3 Å². The summed E-state index contributed by atoms with van der Waals surface area (Å²) >= 11 is 0. The number of rotatable bonds is 2. The summed E-state index contributed by atoms with van der Waals surface area (Å²) in [5.74, 6) is -0.0144. The zero-order valence-corrected chi connectivity index (χ0v) is 11.3. The highest BCUT2D eigenvalue weighted by molar-refractivity contribution is 5.94. The van der Waals surface area contributed by atoms with Crippen LogP contribution in [0.3, 0.4) is 0 Å². The van der Waals surface area contributed by atoms with Gasteiger partial charge in [0.2, 0.25) is 0 Å². The van der Waals surface area contributed by atoms with E-state index in [9.17, 15) is 9.90 Å². The van der Waals surface area contributed by atoms with Crippen LogP contribution in [-0.2, 0) is 4.74 Å². The number of morpholine rings is 1. The highest BCUT2D eigenvalue weighted by Crippen LogP contribution is 2.23. The van der Waals surface area contributed by atoms with Gasteiger partial charge in [-0.3, -0.25) is 4.79 Å². The number of carbonyl (C=O) groups excluding carboxylic acids is 1. The number of phenolic OH excluding ortho intramolecular Hbond substituents is 1. The number of hydrogen-bond donors (Lipinski definition) is 2. The van der Waals surface area contributed by atoms with Crippen LogP contribution in [0.25, 0.3) is 0 Å². The Kier molecular flexibility index (Phi) is 3.78. The van der Waals surface area contributed by atoms with Crippen LogP contribution in [0.5, 0.6) is 5.75 Å². The molecule has 1 atom stereocenters. The summed E-state index contributed by atoms with van der Waals surface area (Å²) in [6, 6.07) is 6.38. The molecule has 3 N–H and O–H groups in total. The number of phenols is 1. The van der Waals surface area contributed by atoms with Crippen molar-refractivity contribution in [1.29, 1.82) is 0 Å². The van der Waals surface area contributed by atoms with E-state index in [-0.39, 0.29) is 17.8 Å². The fourth-order valence-corrected chi connectivity index (χ4v) is 2.39. The van der Waals surface area contributed by atoms with Crippen molar-refractivity contribution >= 4 is 5.91 Å². The maximum atomic E-state index is 12.4. The number of aromatic hydroxyl groups is 1. The lowest BCUT2D eigenvalue weighted by atomic mass is 10.0. The average Bonchev–Trinajstić information content (AvgIpc) is 2.36. The molecule has 0 aliphatic carbocycles. The zero-order valence-electron chi connectivity index (χ0n) is 11.3. The summed E-state index contributed by atoms with van der Waals surface area (Å²) in [6.45, 7) is 5.26. The van der Waals surface area contributed by atoms with E-state index in [1.165, 1.54) is 6.07 Å². The SMILES string of the molecule is CC1(C)CN(C(=O)c2cccc(O)c2)CC(CN)O1. The second-order valence-electron chi connectivity index (χ2n) is 5.47. The third-order valence-electron chi connectivity index (χ3n) is 3.12. The van der Waals surface area contributed by atoms with Gasteiger partial charge in [0.15, 0.2) is 0 Å². The van der Waals surface area contributed by atoms with Gasteiger partial charge in [0, 0.05) is 25.2 Å². The molecule has 0 aromatic heterocycles. The van der Waals surface area contributed by atoms with E-state index in [2.05, 4.69) is 0 Å². The second-order valence-corrected chi connectivity index (χ2v) is 5.47. The van der Waals surface area contributed by atoms with Crippen molar-refractivity contribution in [2.75, 3.05) is 19.6 Å². The minimum Gasteiger partial charge on any atom is -0.508 e. The predicted octanol–water partition coefficient (Wildman–Crippen LogP) is 0.971. The second kappa shape index (κ2) is 5.19. The van der Waals surface area contributed by atoms with Crippen LogP contribution in [0.1, 0.15) is 24.2 Å². The molecule has 104 valence electrons. The van der Waals surface area contributed by atoms with Gasteiger partial charge in [0.25, 0.3) is 5.91 Å². The summed E-state index contributed by atoms with van der Waals surface area (Å²) in [7, 11) is 0. The predicted molar refractivity (Wildman–Crippen MR) is 72.0 cm³/mol. The number of nitrogens with zero attached hydrogens (tertiary/aromatic N) is 1. The fraction of sp³-hybridized carbons (Fsp3) is 0.500. The Labute approximate surface area is 113 Å². The van der Waals surface area contributed by atoms with E-state index in [4.69, 9.17) is 10.5 Å². The summed E-state index contributed by atoms with van der Waals surface area (Å²) in [6.07, 6.45) is -0.148. The molecule has 0 radical (unpaired) electrons. The van der Waals surface area contributed by atoms with Gasteiger partial charge in [-0.1, -0.05) is 6.07 Å². The van der Waals surface area contributed by atoms with Crippen LogP contribution in [0.2, 0.25) is 0 Å². The summed E-state index contributed by atoms with van der Waals surface area (Å²) in [4.78, 5) is 14.2. The molecular formula is C14H20N2O3. The Morgan fingerprint density at radius 3 is 2.95 bits per heavy atom. The van der Waals surface area contributed by atoms with Crippen molar-refractivity contribution in [3.8, 4) is 5.75 Å². The molecule has 1 heterocycles. The van der Waals surface area contributed by atoms with Gasteiger partial charge < -0.3 is 20.5 Å². The lowest BCUT2D eigenvalue weighted by molar-refractivity contribution is -0.122. The summed E-state index contributed by atoms with van der Waals surface area (Å²) in [5, 5.41) is 9.45. The maximum absolute atomic E-state index is 12.4. The summed E-state index contributed by atoms with van der Waals surface area (Å²) < 4.78 is 5.79. The van der Waals surface area contributed by atoms with Gasteiger partial charge in [0.1, 0.15) is 5.75 Å². The minimum atomic E-state index is -0.408. The molecule has 5 heteroatoms. The highest BCUT2D eigenvalue weighted by Gasteiger charge is 2.35. The molecule has 1 fully saturated rings. The number of carbonyl (C=O) groups is 1. The number of ether oxygens (including phenoxy) is 1. The smallest absolute Gasteiger partial charge is 0.254 e. The van der Waals surface area contributed by atoms with Gasteiger partial charge in [-0.25, -0.2) is 0 Å². The standard InChI is InChI=1S/C14H20N2O3/c1-14(2)9-16(8-12(7-15)19-14)13(18)10-4-3-5-11(17)6-10/h3-6,12,17H,7-9,15H2,1-2H3. The Bertz CT molecular complexity index is 474. The van der Waals surface area contributed by atoms with Crippen molar-refractivity contribution in [3.05, 3.63) is 29.8 Å². The van der Waals surface area contributed by atoms with E-state index < -0.39 is 5.60 Å². The van der Waals surface area contributed by atoms with Gasteiger partial charge in [0.05, 0.1) is 11.7 Å². The molecule has 1 aliphatic rings. The first kappa shape index (κ1) is 13.8. The monoisotopic (exact) mass is 264 g/mol. The molecule has 19 heavy (non-hydrogen) atoms. The molecule has 1 unspecified atom stereocenters. The molecule has 1 aliphatic heterocycles. The third kappa shape index (κ3) is 3.24. The Morgan fingerprint density at radius 1 is 1.58 bits per heavy atom. The first-order chi connectivity index (χ1) is 8.91. The van der Waals surface area contributed by atoms with Gasteiger partial charge in [-0.15, -0.1) is 0 Å². The molecule has 1 aromatic carbocycles. The lowest BCUT2D eigenvalue weighted by Gasteiger charge is -2.42. The molecule has 0 bridgehead atoms. The van der Waals surface area contributed by atoms with E-state index >= 15 is 0 Å². The molecule has 1 saturated heterocycles. The number of amides is 1. The molecular weight excluding hydrogens is 244 g/mol. The molecule has 0 spiro atoms. The lowest BCUT2D eigenvalue weighted by Crippen LogP contribution is -2.56. The van der Waals surface area contributed by atoms with Crippen molar-refractivity contribution in [3.63, 3.8) is 0 Å². The van der Waals surface area contributed by atoms with E-state index in [1.807, 2.05) is 13.8 Å². The van der Waals surface area contributed by atoms with Crippen LogP contribution in [-0.4, -0.2) is 47.3 Å². The van der Waals surface area contributed by atoms with E-state index in [0.29, 0.717) is 25.2 Å². The number of hydrogen-bond acceptors (Lipinski definition) is 4. The molecule has 1 amide bonds. The van der Waals surface area contributed by atoms with Crippen LogP contribution in [0.4, 0.5) is 0 Å². The number of benzene rings is 1.